The number of halogens is 1. The Morgan fingerprint density at radius 2 is 2.15 bits per heavy atom. The molecule has 1 aromatic rings. The van der Waals surface area contributed by atoms with Crippen LogP contribution in [0.4, 0.5) is 0 Å². The quantitative estimate of drug-likeness (QED) is 0.672. The van der Waals surface area contributed by atoms with Crippen molar-refractivity contribution in [1.82, 2.24) is 5.32 Å². The van der Waals surface area contributed by atoms with Crippen LogP contribution in [-0.2, 0) is 13.0 Å². The Morgan fingerprint density at radius 3 is 2.92 bits per heavy atom. The van der Waals surface area contributed by atoms with Crippen LogP contribution in [-0.4, -0.2) is 5.54 Å². The van der Waals surface area contributed by atoms with Crippen LogP contribution in [0.1, 0.15) is 25.0 Å². The van der Waals surface area contributed by atoms with Crippen LogP contribution >= 0.6 is 11.6 Å². The van der Waals surface area contributed by atoms with E-state index in [0.717, 1.165) is 18.0 Å². The molecule has 1 N–H and O–H groups in total. The molecule has 0 aromatic heterocycles. The molecular formula is C11H14ClN. The van der Waals surface area contributed by atoms with Crippen LogP contribution in [0.25, 0.3) is 0 Å². The number of rotatable bonds is 0. The van der Waals surface area contributed by atoms with Crippen LogP contribution in [0.5, 0.6) is 0 Å². The van der Waals surface area contributed by atoms with Gasteiger partial charge < -0.3 is 5.32 Å². The summed E-state index contributed by atoms with van der Waals surface area (Å²) >= 11 is 6.14. The van der Waals surface area contributed by atoms with Gasteiger partial charge in [0.15, 0.2) is 0 Å². The zero-order valence-electron chi connectivity index (χ0n) is 8.02. The predicted molar refractivity (Wildman–Crippen MR) is 56.1 cm³/mol. The first-order chi connectivity index (χ1) is 6.08. The summed E-state index contributed by atoms with van der Waals surface area (Å²) in [6, 6.07) is 6.13. The Kier molecular flexibility index (Phi) is 2.09. The first-order valence-corrected chi connectivity index (χ1v) is 4.98. The highest BCUT2D eigenvalue weighted by Gasteiger charge is 2.25. The van der Waals surface area contributed by atoms with Crippen molar-refractivity contribution in [3.05, 3.63) is 34.3 Å². The maximum atomic E-state index is 6.14. The molecule has 70 valence electrons. The second kappa shape index (κ2) is 3.00. The predicted octanol–water partition coefficient (Wildman–Crippen LogP) is 2.76. The van der Waals surface area contributed by atoms with Gasteiger partial charge in [0, 0.05) is 17.1 Å². The lowest BCUT2D eigenvalue weighted by Gasteiger charge is -2.33. The topological polar surface area (TPSA) is 12.0 Å². The van der Waals surface area contributed by atoms with E-state index in [9.17, 15) is 0 Å². The lowest BCUT2D eigenvalue weighted by molar-refractivity contribution is 0.363. The fourth-order valence-corrected chi connectivity index (χ4v) is 2.07. The third kappa shape index (κ3) is 1.72. The standard InChI is InChI=1S/C11H14ClN/c1-11(2)6-9-8(7-13-11)4-3-5-10(9)12/h3-5,13H,6-7H2,1-2H3. The number of nitrogens with one attached hydrogen (secondary N) is 1. The first kappa shape index (κ1) is 9.04. The molecule has 0 unspecified atom stereocenters. The molecule has 0 spiro atoms. The Morgan fingerprint density at radius 1 is 1.38 bits per heavy atom. The highest BCUT2D eigenvalue weighted by Crippen LogP contribution is 2.28. The molecule has 2 heteroatoms. The largest absolute Gasteiger partial charge is 0.307 e. The maximum Gasteiger partial charge on any atom is 0.0441 e. The number of hydrogen-bond donors (Lipinski definition) is 1. The van der Waals surface area contributed by atoms with Crippen LogP contribution in [0, 0.1) is 0 Å². The second-order valence-corrected chi connectivity index (χ2v) is 4.70. The summed E-state index contributed by atoms with van der Waals surface area (Å²) in [5.41, 5.74) is 2.83. The van der Waals surface area contributed by atoms with Gasteiger partial charge in [0.05, 0.1) is 0 Å². The van der Waals surface area contributed by atoms with E-state index in [4.69, 9.17) is 11.6 Å². The summed E-state index contributed by atoms with van der Waals surface area (Å²) in [5, 5.41) is 4.39. The number of benzene rings is 1. The molecule has 0 saturated carbocycles. The normalized spacial score (nSPS) is 19.6. The molecule has 1 heterocycles. The third-order valence-corrected chi connectivity index (χ3v) is 2.95. The van der Waals surface area contributed by atoms with E-state index in [1.165, 1.54) is 11.1 Å². The minimum Gasteiger partial charge on any atom is -0.307 e. The Labute approximate surface area is 84.1 Å². The first-order valence-electron chi connectivity index (χ1n) is 4.60. The van der Waals surface area contributed by atoms with Gasteiger partial charge in [-0.2, -0.15) is 0 Å². The molecule has 0 fully saturated rings. The monoisotopic (exact) mass is 195 g/mol. The molecule has 13 heavy (non-hydrogen) atoms. The number of fused-ring (bicyclic) bond motifs is 1. The SMILES string of the molecule is CC1(C)Cc2c(Cl)cccc2CN1. The van der Waals surface area contributed by atoms with E-state index in [2.05, 4.69) is 25.2 Å². The molecule has 0 atom stereocenters. The molecule has 1 nitrogen and oxygen atoms in total. The molecule has 0 aliphatic carbocycles. The molecule has 1 aromatic carbocycles. The van der Waals surface area contributed by atoms with Crippen molar-refractivity contribution in [2.24, 2.45) is 0 Å². The van der Waals surface area contributed by atoms with Crippen molar-refractivity contribution in [2.45, 2.75) is 32.4 Å². The van der Waals surface area contributed by atoms with Crippen LogP contribution in [0.15, 0.2) is 18.2 Å². The number of hydrogen-bond acceptors (Lipinski definition) is 1. The molecular weight excluding hydrogens is 182 g/mol. The van der Waals surface area contributed by atoms with E-state index < -0.39 is 0 Å². The fourth-order valence-electron chi connectivity index (χ4n) is 1.81. The molecule has 0 bridgehead atoms. The molecule has 0 amide bonds. The van der Waals surface area contributed by atoms with Crippen molar-refractivity contribution in [1.29, 1.82) is 0 Å². The Bertz CT molecular complexity index is 331. The van der Waals surface area contributed by atoms with Crippen LogP contribution < -0.4 is 5.32 Å². The highest BCUT2D eigenvalue weighted by atomic mass is 35.5. The van der Waals surface area contributed by atoms with Gasteiger partial charge in [-0.3, -0.25) is 0 Å². The average molecular weight is 196 g/mol. The van der Waals surface area contributed by atoms with Gasteiger partial charge in [0.25, 0.3) is 0 Å². The van der Waals surface area contributed by atoms with Crippen molar-refractivity contribution in [2.75, 3.05) is 0 Å². The zero-order valence-corrected chi connectivity index (χ0v) is 8.78. The molecule has 1 aliphatic heterocycles. The van der Waals surface area contributed by atoms with E-state index in [1.54, 1.807) is 0 Å². The van der Waals surface area contributed by atoms with Crippen molar-refractivity contribution in [3.8, 4) is 0 Å². The van der Waals surface area contributed by atoms with E-state index in [-0.39, 0.29) is 5.54 Å². The van der Waals surface area contributed by atoms with Crippen molar-refractivity contribution in [3.63, 3.8) is 0 Å². The smallest absolute Gasteiger partial charge is 0.0441 e. The van der Waals surface area contributed by atoms with E-state index >= 15 is 0 Å². The minimum absolute atomic E-state index is 0.179. The van der Waals surface area contributed by atoms with E-state index in [0.29, 0.717) is 0 Å². The Balaban J connectivity index is 2.44. The lowest BCUT2D eigenvalue weighted by atomic mass is 9.88. The highest BCUT2D eigenvalue weighted by molar-refractivity contribution is 6.31. The van der Waals surface area contributed by atoms with Crippen molar-refractivity contribution < 1.29 is 0 Å². The van der Waals surface area contributed by atoms with Crippen LogP contribution in [0.2, 0.25) is 5.02 Å². The van der Waals surface area contributed by atoms with Gasteiger partial charge in [-0.15, -0.1) is 0 Å². The third-order valence-electron chi connectivity index (χ3n) is 2.59. The van der Waals surface area contributed by atoms with Crippen LogP contribution in [0.3, 0.4) is 0 Å². The molecule has 0 radical (unpaired) electrons. The summed E-state index contributed by atoms with van der Waals surface area (Å²) in [5.74, 6) is 0. The maximum absolute atomic E-state index is 6.14. The van der Waals surface area contributed by atoms with Gasteiger partial charge >= 0.3 is 0 Å². The molecule has 0 saturated heterocycles. The Hall–Kier alpha value is -0.530. The average Bonchev–Trinajstić information content (AvgIpc) is 2.06. The van der Waals surface area contributed by atoms with Gasteiger partial charge in [-0.1, -0.05) is 23.7 Å². The van der Waals surface area contributed by atoms with Gasteiger partial charge in [-0.25, -0.2) is 0 Å². The lowest BCUT2D eigenvalue weighted by Crippen LogP contribution is -2.44. The molecule has 2 rings (SSSR count). The fraction of sp³-hybridized carbons (Fsp3) is 0.455. The second-order valence-electron chi connectivity index (χ2n) is 4.29. The minimum atomic E-state index is 0.179. The van der Waals surface area contributed by atoms with Gasteiger partial charge in [0.2, 0.25) is 0 Å². The van der Waals surface area contributed by atoms with Gasteiger partial charge in [0.1, 0.15) is 0 Å². The zero-order chi connectivity index (χ0) is 9.47. The van der Waals surface area contributed by atoms with Gasteiger partial charge in [-0.05, 0) is 37.5 Å². The summed E-state index contributed by atoms with van der Waals surface area (Å²) in [7, 11) is 0. The summed E-state index contributed by atoms with van der Waals surface area (Å²) in [6.45, 7) is 5.35. The van der Waals surface area contributed by atoms with E-state index in [1.807, 2.05) is 12.1 Å². The van der Waals surface area contributed by atoms with Crippen molar-refractivity contribution >= 4 is 11.6 Å². The molecule has 1 aliphatic rings. The summed E-state index contributed by atoms with van der Waals surface area (Å²) in [6.07, 6.45) is 1.02. The summed E-state index contributed by atoms with van der Waals surface area (Å²) < 4.78 is 0. The summed E-state index contributed by atoms with van der Waals surface area (Å²) in [4.78, 5) is 0.